The van der Waals surface area contributed by atoms with Gasteiger partial charge in [-0.05, 0) is 11.6 Å². The fourth-order valence-electron chi connectivity index (χ4n) is 1.84. The van der Waals surface area contributed by atoms with Crippen molar-refractivity contribution >= 4 is 26.6 Å². The van der Waals surface area contributed by atoms with Gasteiger partial charge in [0.1, 0.15) is 9.84 Å². The second kappa shape index (κ2) is 5.44. The number of hydrogen-bond donors (Lipinski definition) is 2. The smallest absolute Gasteiger partial charge is 0.221 e. The predicted molar refractivity (Wildman–Crippen MR) is 74.5 cm³/mol. The van der Waals surface area contributed by atoms with Gasteiger partial charge in [0.25, 0.3) is 0 Å². The van der Waals surface area contributed by atoms with Gasteiger partial charge in [-0.1, -0.05) is 18.2 Å². The van der Waals surface area contributed by atoms with Gasteiger partial charge in [-0.15, -0.1) is 0 Å². The minimum absolute atomic E-state index is 0.00118. The summed E-state index contributed by atoms with van der Waals surface area (Å²) in [4.78, 5) is 14.7. The maximum Gasteiger partial charge on any atom is 0.221 e. The fraction of sp³-hybridized carbons (Fsp3) is 0.308. The summed E-state index contributed by atoms with van der Waals surface area (Å²) in [6.07, 6.45) is 2.97. The first-order valence-electron chi connectivity index (χ1n) is 5.95. The number of amides is 1. The average Bonchev–Trinajstić information content (AvgIpc) is 2.76. The van der Waals surface area contributed by atoms with Crippen LogP contribution in [0.3, 0.4) is 0 Å². The molecule has 0 radical (unpaired) electrons. The van der Waals surface area contributed by atoms with Gasteiger partial charge in [0, 0.05) is 36.3 Å². The molecule has 2 aromatic rings. The summed E-state index contributed by atoms with van der Waals surface area (Å²) in [5.41, 5.74) is 2.01. The number of fused-ring (bicyclic) bond motifs is 1. The number of sulfone groups is 1. The van der Waals surface area contributed by atoms with Crippen LogP contribution >= 0.6 is 0 Å². The topological polar surface area (TPSA) is 79.0 Å². The molecule has 1 amide bonds. The molecule has 0 aliphatic rings. The Morgan fingerprint density at radius 3 is 2.79 bits per heavy atom. The second-order valence-corrected chi connectivity index (χ2v) is 6.78. The number of benzene rings is 1. The van der Waals surface area contributed by atoms with Gasteiger partial charge < -0.3 is 10.3 Å². The zero-order chi connectivity index (χ0) is 13.9. The number of H-pyrrole nitrogens is 1. The highest BCUT2D eigenvalue weighted by atomic mass is 32.2. The van der Waals surface area contributed by atoms with E-state index in [-0.39, 0.29) is 18.1 Å². The summed E-state index contributed by atoms with van der Waals surface area (Å²) in [6.45, 7) is 0.395. The Morgan fingerprint density at radius 2 is 2.05 bits per heavy atom. The molecule has 0 aliphatic heterocycles. The van der Waals surface area contributed by atoms with Gasteiger partial charge in [-0.3, -0.25) is 4.79 Å². The lowest BCUT2D eigenvalue weighted by atomic mass is 10.2. The van der Waals surface area contributed by atoms with Crippen LogP contribution in [0.25, 0.3) is 10.9 Å². The summed E-state index contributed by atoms with van der Waals surface area (Å²) in [6, 6.07) is 7.81. The van der Waals surface area contributed by atoms with Crippen molar-refractivity contribution in [2.24, 2.45) is 0 Å². The van der Waals surface area contributed by atoms with Crippen LogP contribution in [0.2, 0.25) is 0 Å². The van der Waals surface area contributed by atoms with Gasteiger partial charge in [0.2, 0.25) is 5.91 Å². The second-order valence-electron chi connectivity index (χ2n) is 4.52. The van der Waals surface area contributed by atoms with Gasteiger partial charge in [-0.25, -0.2) is 8.42 Å². The van der Waals surface area contributed by atoms with Crippen LogP contribution in [-0.2, 0) is 21.2 Å². The highest BCUT2D eigenvalue weighted by molar-refractivity contribution is 7.90. The number of rotatable bonds is 5. The van der Waals surface area contributed by atoms with Crippen LogP contribution in [0.15, 0.2) is 30.5 Å². The first-order valence-corrected chi connectivity index (χ1v) is 8.01. The summed E-state index contributed by atoms with van der Waals surface area (Å²) < 4.78 is 21.9. The van der Waals surface area contributed by atoms with E-state index in [2.05, 4.69) is 10.3 Å². The van der Waals surface area contributed by atoms with Gasteiger partial charge >= 0.3 is 0 Å². The van der Waals surface area contributed by atoms with Crippen molar-refractivity contribution in [3.63, 3.8) is 0 Å². The van der Waals surface area contributed by atoms with Crippen LogP contribution in [-0.4, -0.2) is 31.3 Å². The van der Waals surface area contributed by atoms with Gasteiger partial charge in [0.15, 0.2) is 0 Å². The van der Waals surface area contributed by atoms with Crippen molar-refractivity contribution < 1.29 is 13.2 Å². The molecule has 0 unspecified atom stereocenters. The van der Waals surface area contributed by atoms with Crippen LogP contribution in [0.5, 0.6) is 0 Å². The lowest BCUT2D eigenvalue weighted by Crippen LogP contribution is -2.24. The molecule has 1 aromatic heterocycles. The lowest BCUT2D eigenvalue weighted by Gasteiger charge is -2.03. The number of hydrogen-bond acceptors (Lipinski definition) is 3. The lowest BCUT2D eigenvalue weighted by molar-refractivity contribution is -0.120. The normalized spacial score (nSPS) is 11.6. The zero-order valence-electron chi connectivity index (χ0n) is 10.6. The largest absolute Gasteiger partial charge is 0.361 e. The minimum atomic E-state index is -3.09. The molecule has 0 atom stereocenters. The quantitative estimate of drug-likeness (QED) is 0.864. The Labute approximate surface area is 111 Å². The number of aromatic nitrogens is 1. The van der Waals surface area contributed by atoms with E-state index in [1.54, 1.807) is 0 Å². The molecule has 6 heteroatoms. The Bertz CT molecular complexity index is 689. The van der Waals surface area contributed by atoms with E-state index in [9.17, 15) is 13.2 Å². The maximum absolute atomic E-state index is 11.5. The highest BCUT2D eigenvalue weighted by Gasteiger charge is 2.09. The number of para-hydroxylation sites is 1. The molecule has 0 saturated carbocycles. The molecule has 0 spiro atoms. The third-order valence-electron chi connectivity index (χ3n) is 2.85. The molecule has 1 heterocycles. The number of nitrogens with one attached hydrogen (secondary N) is 2. The van der Waals surface area contributed by atoms with Crippen LogP contribution in [0.4, 0.5) is 0 Å². The molecule has 102 valence electrons. The van der Waals surface area contributed by atoms with Crippen molar-refractivity contribution in [2.45, 2.75) is 13.0 Å². The summed E-state index contributed by atoms with van der Waals surface area (Å²) in [5, 5.41) is 3.79. The molecule has 0 bridgehead atoms. The van der Waals surface area contributed by atoms with Crippen LogP contribution in [0, 0.1) is 0 Å². The van der Waals surface area contributed by atoms with Crippen LogP contribution < -0.4 is 5.32 Å². The third-order valence-corrected chi connectivity index (χ3v) is 3.80. The predicted octanol–water partition coefficient (Wildman–Crippen LogP) is 1.22. The Balaban J connectivity index is 1.94. The third kappa shape index (κ3) is 3.82. The Morgan fingerprint density at radius 1 is 1.32 bits per heavy atom. The van der Waals surface area contributed by atoms with E-state index in [4.69, 9.17) is 0 Å². The molecule has 0 aliphatic carbocycles. The maximum atomic E-state index is 11.5. The van der Waals surface area contributed by atoms with Crippen molar-refractivity contribution in [1.82, 2.24) is 10.3 Å². The SMILES string of the molecule is CS(=O)(=O)CCC(=O)NCc1c[nH]c2ccccc12. The molecule has 2 rings (SSSR count). The summed E-state index contributed by atoms with van der Waals surface area (Å²) in [7, 11) is -3.09. The van der Waals surface area contributed by atoms with Gasteiger partial charge in [-0.2, -0.15) is 0 Å². The summed E-state index contributed by atoms with van der Waals surface area (Å²) >= 11 is 0. The molecule has 0 fully saturated rings. The first kappa shape index (κ1) is 13.6. The minimum Gasteiger partial charge on any atom is -0.361 e. The highest BCUT2D eigenvalue weighted by Crippen LogP contribution is 2.17. The zero-order valence-corrected chi connectivity index (χ0v) is 11.5. The number of carbonyl (C=O) groups excluding carboxylic acids is 1. The van der Waals surface area contributed by atoms with Crippen molar-refractivity contribution in [3.05, 3.63) is 36.0 Å². The van der Waals surface area contributed by atoms with Crippen molar-refractivity contribution in [1.29, 1.82) is 0 Å². The van der Waals surface area contributed by atoms with E-state index in [1.807, 2.05) is 30.5 Å². The molecular formula is C13H16N2O3S. The molecule has 1 aromatic carbocycles. The van der Waals surface area contributed by atoms with E-state index < -0.39 is 9.84 Å². The Kier molecular flexibility index (Phi) is 3.90. The standard InChI is InChI=1S/C13H16N2O3S/c1-19(17,18)7-6-13(16)15-9-10-8-14-12-5-3-2-4-11(10)12/h2-5,8,14H,6-7,9H2,1H3,(H,15,16). The first-order chi connectivity index (χ1) is 8.96. The van der Waals surface area contributed by atoms with E-state index in [0.717, 1.165) is 22.7 Å². The molecule has 5 nitrogen and oxygen atoms in total. The average molecular weight is 280 g/mol. The number of carbonyl (C=O) groups is 1. The van der Waals surface area contributed by atoms with E-state index in [1.165, 1.54) is 0 Å². The van der Waals surface area contributed by atoms with Crippen molar-refractivity contribution in [3.8, 4) is 0 Å². The molecular weight excluding hydrogens is 264 g/mol. The van der Waals surface area contributed by atoms with E-state index in [0.29, 0.717) is 6.54 Å². The summed E-state index contributed by atoms with van der Waals surface area (Å²) in [5.74, 6) is -0.372. The molecule has 2 N–H and O–H groups in total. The molecule has 19 heavy (non-hydrogen) atoms. The monoisotopic (exact) mass is 280 g/mol. The van der Waals surface area contributed by atoms with Gasteiger partial charge in [0.05, 0.1) is 5.75 Å². The molecule has 0 saturated heterocycles. The van der Waals surface area contributed by atoms with Crippen LogP contribution in [0.1, 0.15) is 12.0 Å². The van der Waals surface area contributed by atoms with Crippen molar-refractivity contribution in [2.75, 3.05) is 12.0 Å². The fourth-order valence-corrected chi connectivity index (χ4v) is 2.39. The number of aromatic amines is 1. The van der Waals surface area contributed by atoms with E-state index >= 15 is 0 Å². The Hall–Kier alpha value is -1.82.